The van der Waals surface area contributed by atoms with Crippen LogP contribution in [0.5, 0.6) is 5.75 Å². The first-order valence-corrected chi connectivity index (χ1v) is 12.4. The molecule has 14 nitrogen and oxygen atoms in total. The topological polar surface area (TPSA) is 228 Å². The first kappa shape index (κ1) is 29.1. The van der Waals surface area contributed by atoms with Gasteiger partial charge in [0.1, 0.15) is 23.9 Å². The number of nitrogens with one attached hydrogen (secondary N) is 3. The van der Waals surface area contributed by atoms with E-state index in [4.69, 9.17) is 10.8 Å². The number of aliphatic carboxylic acids is 2. The predicted octanol–water partition coefficient (Wildman–Crippen LogP) is -0.862. The van der Waals surface area contributed by atoms with Gasteiger partial charge in [0.25, 0.3) is 0 Å². The minimum Gasteiger partial charge on any atom is -0.508 e. The second-order valence-electron chi connectivity index (χ2n) is 9.34. The van der Waals surface area contributed by atoms with Crippen molar-refractivity contribution < 1.29 is 39.3 Å². The summed E-state index contributed by atoms with van der Waals surface area (Å²) < 4.78 is 0. The van der Waals surface area contributed by atoms with Gasteiger partial charge in [0.15, 0.2) is 0 Å². The van der Waals surface area contributed by atoms with Crippen LogP contribution < -0.4 is 16.4 Å². The van der Waals surface area contributed by atoms with Gasteiger partial charge in [0.05, 0.1) is 12.4 Å². The summed E-state index contributed by atoms with van der Waals surface area (Å²) in [5.74, 6) is -4.44. The highest BCUT2D eigenvalue weighted by molar-refractivity contribution is 5.94. The number of benzene rings is 1. The molecule has 210 valence electrons. The first-order chi connectivity index (χ1) is 18.5. The monoisotopic (exact) mass is 544 g/mol. The Bertz CT molecular complexity index is 1170. The summed E-state index contributed by atoms with van der Waals surface area (Å²) >= 11 is 0. The number of aromatic hydroxyl groups is 1. The van der Waals surface area contributed by atoms with Crippen LogP contribution in [0, 0.1) is 0 Å². The van der Waals surface area contributed by atoms with Crippen LogP contribution in [0.15, 0.2) is 36.8 Å². The van der Waals surface area contributed by atoms with Crippen LogP contribution in [-0.2, 0) is 36.8 Å². The fourth-order valence-corrected chi connectivity index (χ4v) is 4.37. The molecule has 1 aliphatic heterocycles. The second-order valence-corrected chi connectivity index (χ2v) is 9.34. The molecule has 0 radical (unpaired) electrons. The molecular formula is C25H32N6O8. The predicted molar refractivity (Wildman–Crippen MR) is 135 cm³/mol. The van der Waals surface area contributed by atoms with E-state index in [2.05, 4.69) is 20.6 Å². The number of nitrogens with zero attached hydrogens (tertiary/aromatic N) is 2. The maximum atomic E-state index is 13.4. The Labute approximate surface area is 223 Å². The van der Waals surface area contributed by atoms with Gasteiger partial charge in [-0.1, -0.05) is 12.1 Å². The Hall–Kier alpha value is -4.46. The number of imidazole rings is 1. The number of phenolic OH excluding ortho intramolecular Hbond substituents is 1. The summed E-state index contributed by atoms with van der Waals surface area (Å²) in [7, 11) is 0. The third kappa shape index (κ3) is 8.26. The van der Waals surface area contributed by atoms with E-state index in [0.717, 1.165) is 0 Å². The largest absolute Gasteiger partial charge is 0.508 e. The van der Waals surface area contributed by atoms with Gasteiger partial charge >= 0.3 is 11.9 Å². The number of carboxylic acids is 2. The van der Waals surface area contributed by atoms with Crippen LogP contribution >= 0.6 is 0 Å². The van der Waals surface area contributed by atoms with Crippen molar-refractivity contribution in [1.29, 1.82) is 0 Å². The van der Waals surface area contributed by atoms with Gasteiger partial charge in [-0.05, 0) is 43.4 Å². The second kappa shape index (κ2) is 13.4. The Morgan fingerprint density at radius 3 is 2.36 bits per heavy atom. The van der Waals surface area contributed by atoms with Crippen molar-refractivity contribution in [3.63, 3.8) is 0 Å². The molecule has 1 aromatic heterocycles. The molecule has 0 aliphatic carbocycles. The summed E-state index contributed by atoms with van der Waals surface area (Å²) in [6.07, 6.45) is 2.95. The number of likely N-dealkylation sites (tertiary alicyclic amines) is 1. The van der Waals surface area contributed by atoms with E-state index in [1.54, 1.807) is 12.1 Å². The Kier molecular flexibility index (Phi) is 9.98. The van der Waals surface area contributed by atoms with Gasteiger partial charge in [-0.25, -0.2) is 9.78 Å². The molecule has 0 spiro atoms. The Morgan fingerprint density at radius 2 is 1.74 bits per heavy atom. The average molecular weight is 545 g/mol. The van der Waals surface area contributed by atoms with Crippen molar-refractivity contribution in [2.75, 3.05) is 6.54 Å². The zero-order valence-corrected chi connectivity index (χ0v) is 21.1. The lowest BCUT2D eigenvalue weighted by Gasteiger charge is -2.28. The zero-order chi connectivity index (χ0) is 28.5. The molecule has 14 heteroatoms. The van der Waals surface area contributed by atoms with Crippen molar-refractivity contribution in [3.05, 3.63) is 48.0 Å². The number of rotatable bonds is 13. The molecule has 8 N–H and O–H groups in total. The van der Waals surface area contributed by atoms with Gasteiger partial charge < -0.3 is 41.6 Å². The highest BCUT2D eigenvalue weighted by Crippen LogP contribution is 2.19. The molecule has 0 saturated carbocycles. The molecular weight excluding hydrogens is 512 g/mol. The fraction of sp³-hybridized carbons (Fsp3) is 0.440. The Morgan fingerprint density at radius 1 is 1.05 bits per heavy atom. The van der Waals surface area contributed by atoms with Crippen LogP contribution in [0.25, 0.3) is 0 Å². The molecule has 0 bridgehead atoms. The van der Waals surface area contributed by atoms with Gasteiger partial charge in [0, 0.05) is 31.3 Å². The van der Waals surface area contributed by atoms with Crippen molar-refractivity contribution in [1.82, 2.24) is 25.5 Å². The summed E-state index contributed by atoms with van der Waals surface area (Å²) in [4.78, 5) is 70.2. The molecule has 1 fully saturated rings. The van der Waals surface area contributed by atoms with Crippen LogP contribution in [0.1, 0.15) is 36.9 Å². The summed E-state index contributed by atoms with van der Waals surface area (Å²) in [5, 5.41) is 33.1. The summed E-state index contributed by atoms with van der Waals surface area (Å²) in [6, 6.07) is 1.41. The fourth-order valence-electron chi connectivity index (χ4n) is 4.37. The lowest BCUT2D eigenvalue weighted by Crippen LogP contribution is -2.58. The van der Waals surface area contributed by atoms with Gasteiger partial charge in [-0.2, -0.15) is 0 Å². The van der Waals surface area contributed by atoms with Crippen molar-refractivity contribution in [3.8, 4) is 5.75 Å². The molecule has 1 saturated heterocycles. The minimum atomic E-state index is -1.33. The standard InChI is InChI=1S/C25H32N6O8/c26-17(10-14-3-5-16(32)6-4-14)22(35)29-18(7-8-21(33)34)23(36)30-19(11-15-12-27-13-28-15)24(37)31-9-1-2-20(31)25(38)39/h3-6,12-13,17-20,32H,1-2,7-11,26H2,(H,27,28)(H,29,35)(H,30,36)(H,33,34)(H,38,39). The summed E-state index contributed by atoms with van der Waals surface area (Å²) in [5.41, 5.74) is 7.17. The molecule has 3 amide bonds. The van der Waals surface area contributed by atoms with E-state index >= 15 is 0 Å². The normalized spacial score (nSPS) is 17.2. The van der Waals surface area contributed by atoms with E-state index < -0.39 is 60.2 Å². The van der Waals surface area contributed by atoms with Crippen LogP contribution in [0.4, 0.5) is 0 Å². The first-order valence-electron chi connectivity index (χ1n) is 12.4. The van der Waals surface area contributed by atoms with Gasteiger partial charge in [-0.15, -0.1) is 0 Å². The Balaban J connectivity index is 1.75. The van der Waals surface area contributed by atoms with Crippen LogP contribution in [0.2, 0.25) is 0 Å². The lowest BCUT2D eigenvalue weighted by molar-refractivity contribution is -0.149. The number of amides is 3. The molecule has 1 aromatic carbocycles. The smallest absolute Gasteiger partial charge is 0.326 e. The molecule has 2 aromatic rings. The number of phenols is 1. The van der Waals surface area contributed by atoms with E-state index in [9.17, 15) is 34.2 Å². The van der Waals surface area contributed by atoms with Crippen molar-refractivity contribution >= 4 is 29.7 Å². The number of nitrogens with two attached hydrogens (primary N) is 1. The van der Waals surface area contributed by atoms with Crippen molar-refractivity contribution in [2.45, 2.75) is 62.7 Å². The van der Waals surface area contributed by atoms with Crippen LogP contribution in [-0.4, -0.2) is 90.6 Å². The summed E-state index contributed by atoms with van der Waals surface area (Å²) in [6.45, 7) is 0.205. The third-order valence-electron chi connectivity index (χ3n) is 6.42. The third-order valence-corrected chi connectivity index (χ3v) is 6.42. The van der Waals surface area contributed by atoms with Gasteiger partial charge in [0.2, 0.25) is 17.7 Å². The number of carbonyl (C=O) groups is 5. The highest BCUT2D eigenvalue weighted by Gasteiger charge is 2.38. The van der Waals surface area contributed by atoms with Crippen molar-refractivity contribution in [2.24, 2.45) is 5.73 Å². The van der Waals surface area contributed by atoms with Gasteiger partial charge in [-0.3, -0.25) is 19.2 Å². The van der Waals surface area contributed by atoms with Crippen LogP contribution in [0.3, 0.4) is 0 Å². The number of carbonyl (C=O) groups excluding carboxylic acids is 3. The molecule has 3 rings (SSSR count). The number of hydrogen-bond acceptors (Lipinski definition) is 8. The number of aromatic amines is 1. The van der Waals surface area contributed by atoms with E-state index in [-0.39, 0.29) is 38.0 Å². The average Bonchev–Trinajstić information content (AvgIpc) is 3.59. The lowest BCUT2D eigenvalue weighted by atomic mass is 10.0. The zero-order valence-electron chi connectivity index (χ0n) is 21.1. The maximum Gasteiger partial charge on any atom is 0.326 e. The molecule has 4 atom stereocenters. The number of hydrogen-bond donors (Lipinski definition) is 7. The SMILES string of the molecule is NC(Cc1ccc(O)cc1)C(=O)NC(CCC(=O)O)C(=O)NC(Cc1cnc[nH]1)C(=O)N1CCCC1C(=O)O. The number of aromatic nitrogens is 2. The molecule has 1 aliphatic rings. The molecule has 39 heavy (non-hydrogen) atoms. The number of H-pyrrole nitrogens is 1. The molecule has 4 unspecified atom stereocenters. The van der Waals surface area contributed by atoms with E-state index in [1.165, 1.54) is 29.6 Å². The molecule has 2 heterocycles. The minimum absolute atomic E-state index is 0.0343. The quantitative estimate of drug-likeness (QED) is 0.165. The van der Waals surface area contributed by atoms with E-state index in [1.807, 2.05) is 0 Å². The number of carboxylic acid groups (broad SMARTS) is 2. The maximum absolute atomic E-state index is 13.4. The highest BCUT2D eigenvalue weighted by atomic mass is 16.4. The van der Waals surface area contributed by atoms with E-state index in [0.29, 0.717) is 17.7 Å².